The second kappa shape index (κ2) is 12.5. The van der Waals surface area contributed by atoms with Gasteiger partial charge in [-0.2, -0.15) is 0 Å². The Labute approximate surface area is 203 Å². The van der Waals surface area contributed by atoms with Gasteiger partial charge in [-0.3, -0.25) is 19.2 Å². The molecule has 0 radical (unpaired) electrons. The summed E-state index contributed by atoms with van der Waals surface area (Å²) in [6, 6.07) is 12.9. The minimum Gasteiger partial charge on any atom is -0.350 e. The van der Waals surface area contributed by atoms with E-state index in [0.29, 0.717) is 11.8 Å². The molecule has 1 saturated carbocycles. The number of nitrogens with one attached hydrogen (secondary N) is 4. The minimum absolute atomic E-state index is 0.0101. The van der Waals surface area contributed by atoms with Crippen LogP contribution >= 0.6 is 0 Å². The number of hydrogen-bond donors (Lipinski definition) is 4. The van der Waals surface area contributed by atoms with Gasteiger partial charge in [-0.25, -0.2) is 4.39 Å². The van der Waals surface area contributed by atoms with Gasteiger partial charge in [0, 0.05) is 25.3 Å². The number of carbonyl (C=O) groups excluding carboxylic acids is 4. The van der Waals surface area contributed by atoms with Crippen molar-refractivity contribution in [3.63, 3.8) is 0 Å². The zero-order valence-electron chi connectivity index (χ0n) is 19.3. The quantitative estimate of drug-likeness (QED) is 0.327. The molecule has 4 N–H and O–H groups in total. The SMILES string of the molecule is N=CC(=O)CC[C@H](NC(=O)[C@H](Cc1ccccc1)NC(=O)C1CC1)C(=O)NCc1ccc(F)cc1. The molecule has 1 aliphatic rings. The Bertz CT molecular complexity index is 1050. The third kappa shape index (κ3) is 8.44. The molecule has 8 nitrogen and oxygen atoms in total. The van der Waals surface area contributed by atoms with Crippen molar-refractivity contribution in [1.82, 2.24) is 16.0 Å². The molecule has 3 amide bonds. The second-order valence-corrected chi connectivity index (χ2v) is 8.58. The third-order valence-electron chi connectivity index (χ3n) is 5.72. The fourth-order valence-electron chi connectivity index (χ4n) is 3.51. The van der Waals surface area contributed by atoms with Crippen molar-refractivity contribution in [3.05, 3.63) is 71.5 Å². The number of rotatable bonds is 13. The molecule has 0 saturated heterocycles. The van der Waals surface area contributed by atoms with E-state index in [2.05, 4.69) is 16.0 Å². The molecule has 3 rings (SSSR count). The Hall–Kier alpha value is -3.88. The van der Waals surface area contributed by atoms with E-state index >= 15 is 0 Å². The summed E-state index contributed by atoms with van der Waals surface area (Å²) in [5.74, 6) is -2.22. The molecule has 35 heavy (non-hydrogen) atoms. The average molecular weight is 481 g/mol. The van der Waals surface area contributed by atoms with E-state index in [-0.39, 0.29) is 37.6 Å². The molecule has 184 valence electrons. The molecule has 2 aromatic rings. The molecule has 0 bridgehead atoms. The molecule has 0 unspecified atom stereocenters. The first kappa shape index (κ1) is 25.7. The molecule has 9 heteroatoms. The van der Waals surface area contributed by atoms with Crippen LogP contribution in [0.25, 0.3) is 0 Å². The maximum Gasteiger partial charge on any atom is 0.243 e. The van der Waals surface area contributed by atoms with Crippen LogP contribution in [-0.4, -0.2) is 41.8 Å². The molecule has 1 fully saturated rings. The summed E-state index contributed by atoms with van der Waals surface area (Å²) in [6.45, 7) is 0.107. The Morgan fingerprint density at radius 1 is 0.914 bits per heavy atom. The van der Waals surface area contributed by atoms with Gasteiger partial charge in [-0.05, 0) is 42.5 Å². The summed E-state index contributed by atoms with van der Waals surface area (Å²) in [5, 5.41) is 15.2. The Balaban J connectivity index is 1.69. The smallest absolute Gasteiger partial charge is 0.243 e. The zero-order chi connectivity index (χ0) is 25.2. The van der Waals surface area contributed by atoms with Gasteiger partial charge in [-0.15, -0.1) is 0 Å². The molecule has 0 aromatic heterocycles. The van der Waals surface area contributed by atoms with Crippen LogP contribution in [0.4, 0.5) is 4.39 Å². The topological polar surface area (TPSA) is 128 Å². The molecule has 0 spiro atoms. The van der Waals surface area contributed by atoms with Gasteiger partial charge in [0.1, 0.15) is 17.9 Å². The van der Waals surface area contributed by atoms with Gasteiger partial charge in [0.25, 0.3) is 0 Å². The van der Waals surface area contributed by atoms with Crippen molar-refractivity contribution in [2.45, 2.75) is 50.7 Å². The maximum absolute atomic E-state index is 13.2. The van der Waals surface area contributed by atoms with Crippen LogP contribution in [0.15, 0.2) is 54.6 Å². The highest BCUT2D eigenvalue weighted by atomic mass is 19.1. The molecule has 0 heterocycles. The predicted molar refractivity (Wildman–Crippen MR) is 128 cm³/mol. The van der Waals surface area contributed by atoms with Gasteiger partial charge in [-0.1, -0.05) is 42.5 Å². The van der Waals surface area contributed by atoms with Crippen molar-refractivity contribution in [1.29, 1.82) is 5.41 Å². The van der Waals surface area contributed by atoms with Crippen LogP contribution in [-0.2, 0) is 32.1 Å². The average Bonchev–Trinajstić information content (AvgIpc) is 3.71. The predicted octanol–water partition coefficient (Wildman–Crippen LogP) is 2.06. The number of carbonyl (C=O) groups is 4. The molecule has 2 atom stereocenters. The lowest BCUT2D eigenvalue weighted by molar-refractivity contribution is -0.132. The first-order chi connectivity index (χ1) is 16.9. The van der Waals surface area contributed by atoms with Crippen molar-refractivity contribution in [3.8, 4) is 0 Å². The number of amides is 3. The van der Waals surface area contributed by atoms with E-state index in [1.165, 1.54) is 24.3 Å². The van der Waals surface area contributed by atoms with Crippen LogP contribution in [0.5, 0.6) is 0 Å². The van der Waals surface area contributed by atoms with Crippen LogP contribution in [0, 0.1) is 17.1 Å². The highest BCUT2D eigenvalue weighted by Gasteiger charge is 2.33. The van der Waals surface area contributed by atoms with Crippen LogP contribution < -0.4 is 16.0 Å². The highest BCUT2D eigenvalue weighted by Crippen LogP contribution is 2.29. The minimum atomic E-state index is -1.05. The number of benzene rings is 2. The summed E-state index contributed by atoms with van der Waals surface area (Å²) >= 11 is 0. The number of halogens is 1. The molecule has 2 aromatic carbocycles. The van der Waals surface area contributed by atoms with E-state index in [1.54, 1.807) is 0 Å². The van der Waals surface area contributed by atoms with Crippen LogP contribution in [0.3, 0.4) is 0 Å². The van der Waals surface area contributed by atoms with E-state index in [1.807, 2.05) is 30.3 Å². The van der Waals surface area contributed by atoms with Gasteiger partial charge in [0.05, 0.1) is 6.21 Å². The lowest BCUT2D eigenvalue weighted by Gasteiger charge is -2.23. The monoisotopic (exact) mass is 480 g/mol. The number of Topliss-reactive ketones (excluding diaryl/α,β-unsaturated/α-hetero) is 1. The Morgan fingerprint density at radius 2 is 1.60 bits per heavy atom. The van der Waals surface area contributed by atoms with E-state index < -0.39 is 35.5 Å². The van der Waals surface area contributed by atoms with E-state index in [0.717, 1.165) is 18.4 Å². The van der Waals surface area contributed by atoms with Crippen LogP contribution in [0.1, 0.15) is 36.8 Å². The molecule has 0 aliphatic heterocycles. The van der Waals surface area contributed by atoms with Gasteiger partial charge in [0.15, 0.2) is 5.78 Å². The van der Waals surface area contributed by atoms with Gasteiger partial charge in [0.2, 0.25) is 17.7 Å². The summed E-state index contributed by atoms with van der Waals surface area (Å²) < 4.78 is 13.1. The van der Waals surface area contributed by atoms with E-state index in [9.17, 15) is 23.6 Å². The fraction of sp³-hybridized carbons (Fsp3) is 0.346. The highest BCUT2D eigenvalue weighted by molar-refractivity contribution is 6.26. The van der Waals surface area contributed by atoms with Crippen LogP contribution in [0.2, 0.25) is 0 Å². The molecule has 1 aliphatic carbocycles. The number of hydrogen-bond acceptors (Lipinski definition) is 5. The summed E-state index contributed by atoms with van der Waals surface area (Å²) in [7, 11) is 0. The Kier molecular flexibility index (Phi) is 9.23. The summed E-state index contributed by atoms with van der Waals surface area (Å²) in [6.07, 6.45) is 2.37. The zero-order valence-corrected chi connectivity index (χ0v) is 19.3. The standard InChI is InChI=1S/C26H29FN4O4/c27-20-10-6-18(7-11-20)16-29-25(34)22(13-12-21(32)15-28)30-26(35)23(31-24(33)19-8-9-19)14-17-4-2-1-3-5-17/h1-7,10-11,15,19,22-23,28H,8-9,12-14,16H2,(H,29,34)(H,30,35)(H,31,33)/t22-,23-/m0/s1. The molecular weight excluding hydrogens is 451 g/mol. The largest absolute Gasteiger partial charge is 0.350 e. The van der Waals surface area contributed by atoms with Gasteiger partial charge < -0.3 is 21.4 Å². The lowest BCUT2D eigenvalue weighted by Crippen LogP contribution is -2.54. The fourth-order valence-corrected chi connectivity index (χ4v) is 3.51. The van der Waals surface area contributed by atoms with Crippen molar-refractivity contribution >= 4 is 29.7 Å². The lowest BCUT2D eigenvalue weighted by atomic mass is 10.0. The maximum atomic E-state index is 13.2. The third-order valence-corrected chi connectivity index (χ3v) is 5.72. The first-order valence-corrected chi connectivity index (χ1v) is 11.6. The number of ketones is 1. The molecular formula is C26H29FN4O4. The van der Waals surface area contributed by atoms with Gasteiger partial charge >= 0.3 is 0 Å². The first-order valence-electron chi connectivity index (χ1n) is 11.6. The van der Waals surface area contributed by atoms with Crippen molar-refractivity contribution < 1.29 is 23.6 Å². The summed E-state index contributed by atoms with van der Waals surface area (Å²) in [4.78, 5) is 50.1. The van der Waals surface area contributed by atoms with Crippen molar-refractivity contribution in [2.24, 2.45) is 5.92 Å². The van der Waals surface area contributed by atoms with Crippen molar-refractivity contribution in [2.75, 3.05) is 0 Å². The Morgan fingerprint density at radius 3 is 2.23 bits per heavy atom. The summed E-state index contributed by atoms with van der Waals surface area (Å²) in [5.41, 5.74) is 1.51. The second-order valence-electron chi connectivity index (χ2n) is 8.58. The normalized spacial score (nSPS) is 14.3. The van der Waals surface area contributed by atoms with E-state index in [4.69, 9.17) is 5.41 Å².